The molecule has 1 amide bonds. The predicted molar refractivity (Wildman–Crippen MR) is 104 cm³/mol. The number of nitrogens with two attached hydrogens (primary N) is 1. The van der Waals surface area contributed by atoms with E-state index in [0.717, 1.165) is 16.9 Å². The second-order valence-electron chi connectivity index (χ2n) is 5.64. The molecule has 0 spiro atoms. The monoisotopic (exact) mass is 438 g/mol. The van der Waals surface area contributed by atoms with Gasteiger partial charge in [0, 0.05) is 28.0 Å². The number of hydrogen-bond acceptors (Lipinski definition) is 5. The standard InChI is InChI=1S/C17H13ClN4O.C2HF3O2/c18-13-5-1-11(2-6-13)15-9-10-20-17(22-15)21-14-7-3-12(4-8-14)16(19)23;3-2(4,5)1(6)7/h1-10H,(H2,19,23)(H,20,21,22);(H,6,7). The summed E-state index contributed by atoms with van der Waals surface area (Å²) in [5.74, 6) is -2.76. The number of nitrogens with zero attached hydrogens (tertiary/aromatic N) is 2. The summed E-state index contributed by atoms with van der Waals surface area (Å²) >= 11 is 5.89. The highest BCUT2D eigenvalue weighted by Crippen LogP contribution is 2.21. The van der Waals surface area contributed by atoms with E-state index in [1.807, 2.05) is 30.3 Å². The highest BCUT2D eigenvalue weighted by atomic mass is 35.5. The first kappa shape index (κ1) is 22.6. The number of aliphatic carboxylic acids is 1. The van der Waals surface area contributed by atoms with Crippen LogP contribution in [0.4, 0.5) is 24.8 Å². The summed E-state index contributed by atoms with van der Waals surface area (Å²) in [5.41, 5.74) is 8.17. The quantitative estimate of drug-likeness (QED) is 0.559. The van der Waals surface area contributed by atoms with E-state index < -0.39 is 18.1 Å². The first-order valence-electron chi connectivity index (χ1n) is 8.12. The van der Waals surface area contributed by atoms with Gasteiger partial charge in [0.1, 0.15) is 0 Å². The molecule has 0 saturated carbocycles. The maximum atomic E-state index is 11.1. The number of carboxylic acid groups (broad SMARTS) is 1. The molecule has 3 rings (SSSR count). The zero-order chi connectivity index (χ0) is 22.3. The molecule has 0 radical (unpaired) electrons. The second kappa shape index (κ2) is 9.70. The topological polar surface area (TPSA) is 118 Å². The molecule has 0 bridgehead atoms. The largest absolute Gasteiger partial charge is 0.490 e. The van der Waals surface area contributed by atoms with Crippen molar-refractivity contribution in [2.75, 3.05) is 5.32 Å². The Kier molecular flexibility index (Phi) is 7.32. The van der Waals surface area contributed by atoms with Gasteiger partial charge in [-0.15, -0.1) is 0 Å². The van der Waals surface area contributed by atoms with E-state index in [1.54, 1.807) is 30.5 Å². The molecule has 2 aromatic carbocycles. The smallest absolute Gasteiger partial charge is 0.475 e. The normalized spacial score (nSPS) is 10.5. The van der Waals surface area contributed by atoms with Crippen molar-refractivity contribution in [2.45, 2.75) is 6.18 Å². The lowest BCUT2D eigenvalue weighted by atomic mass is 10.1. The Morgan fingerprint density at radius 3 is 2.07 bits per heavy atom. The van der Waals surface area contributed by atoms with Crippen LogP contribution in [0.2, 0.25) is 5.02 Å². The fourth-order valence-corrected chi connectivity index (χ4v) is 2.17. The Balaban J connectivity index is 0.000000396. The van der Waals surface area contributed by atoms with Gasteiger partial charge in [-0.2, -0.15) is 13.2 Å². The molecule has 0 fully saturated rings. The number of amides is 1. The lowest BCUT2D eigenvalue weighted by Crippen LogP contribution is -2.21. The number of alkyl halides is 3. The summed E-state index contributed by atoms with van der Waals surface area (Å²) in [5, 5.41) is 10.9. The molecule has 0 aliphatic heterocycles. The van der Waals surface area contributed by atoms with Crippen LogP contribution in [0, 0.1) is 0 Å². The number of hydrogen-bond donors (Lipinski definition) is 3. The van der Waals surface area contributed by atoms with Gasteiger partial charge in [0.15, 0.2) is 0 Å². The molecule has 11 heteroatoms. The lowest BCUT2D eigenvalue weighted by Gasteiger charge is -2.07. The minimum Gasteiger partial charge on any atom is -0.475 e. The molecular formula is C19H14ClF3N4O3. The van der Waals surface area contributed by atoms with Gasteiger partial charge >= 0.3 is 12.1 Å². The number of halogens is 4. The van der Waals surface area contributed by atoms with E-state index in [1.165, 1.54) is 0 Å². The molecule has 4 N–H and O–H groups in total. The number of benzene rings is 2. The summed E-state index contributed by atoms with van der Waals surface area (Å²) in [6.07, 6.45) is -3.41. The molecule has 0 saturated heterocycles. The fourth-order valence-electron chi connectivity index (χ4n) is 2.05. The summed E-state index contributed by atoms with van der Waals surface area (Å²) in [6, 6.07) is 16.0. The summed E-state index contributed by atoms with van der Waals surface area (Å²) in [4.78, 5) is 28.6. The Morgan fingerprint density at radius 1 is 1.00 bits per heavy atom. The fraction of sp³-hybridized carbons (Fsp3) is 0.0526. The molecule has 7 nitrogen and oxygen atoms in total. The molecule has 0 unspecified atom stereocenters. The number of carbonyl (C=O) groups is 2. The van der Waals surface area contributed by atoms with Gasteiger partial charge in [-0.1, -0.05) is 23.7 Å². The molecule has 3 aromatic rings. The van der Waals surface area contributed by atoms with Crippen LogP contribution in [0.1, 0.15) is 10.4 Å². The maximum absolute atomic E-state index is 11.1. The first-order chi connectivity index (χ1) is 14.1. The number of rotatable bonds is 4. The number of primary amides is 1. The maximum Gasteiger partial charge on any atom is 0.490 e. The van der Waals surface area contributed by atoms with Crippen molar-refractivity contribution >= 4 is 35.1 Å². The minimum atomic E-state index is -5.08. The van der Waals surface area contributed by atoms with E-state index in [0.29, 0.717) is 16.5 Å². The minimum absolute atomic E-state index is 0.450. The van der Waals surface area contributed by atoms with Crippen LogP contribution in [0.25, 0.3) is 11.3 Å². The Hall–Kier alpha value is -3.66. The van der Waals surface area contributed by atoms with Crippen LogP contribution in [-0.4, -0.2) is 33.1 Å². The van der Waals surface area contributed by atoms with Gasteiger partial charge in [-0.3, -0.25) is 4.79 Å². The van der Waals surface area contributed by atoms with Crippen molar-refractivity contribution in [2.24, 2.45) is 5.73 Å². The zero-order valence-corrected chi connectivity index (χ0v) is 15.8. The number of carboxylic acids is 1. The van der Waals surface area contributed by atoms with Gasteiger partial charge in [-0.05, 0) is 42.5 Å². The van der Waals surface area contributed by atoms with E-state index in [9.17, 15) is 18.0 Å². The third-order valence-electron chi connectivity index (χ3n) is 3.46. The van der Waals surface area contributed by atoms with Crippen LogP contribution >= 0.6 is 11.6 Å². The van der Waals surface area contributed by atoms with Crippen molar-refractivity contribution in [3.05, 3.63) is 71.4 Å². The Labute approximate surface area is 173 Å². The van der Waals surface area contributed by atoms with Gasteiger partial charge in [0.05, 0.1) is 5.69 Å². The molecular weight excluding hydrogens is 425 g/mol. The van der Waals surface area contributed by atoms with E-state index in [4.69, 9.17) is 27.2 Å². The van der Waals surface area contributed by atoms with Gasteiger partial charge < -0.3 is 16.2 Å². The molecule has 156 valence electrons. The molecule has 0 atom stereocenters. The van der Waals surface area contributed by atoms with Gasteiger partial charge in [0.25, 0.3) is 0 Å². The lowest BCUT2D eigenvalue weighted by molar-refractivity contribution is -0.192. The average Bonchev–Trinajstić information content (AvgIpc) is 2.69. The first-order valence-corrected chi connectivity index (χ1v) is 8.50. The summed E-state index contributed by atoms with van der Waals surface area (Å²) in [6.45, 7) is 0. The van der Waals surface area contributed by atoms with Crippen LogP contribution in [0.3, 0.4) is 0 Å². The summed E-state index contributed by atoms with van der Waals surface area (Å²) < 4.78 is 31.7. The highest BCUT2D eigenvalue weighted by molar-refractivity contribution is 6.30. The number of carbonyl (C=O) groups excluding carboxylic acids is 1. The van der Waals surface area contributed by atoms with Crippen molar-refractivity contribution in [3.63, 3.8) is 0 Å². The third-order valence-corrected chi connectivity index (χ3v) is 3.72. The predicted octanol–water partition coefficient (Wildman–Crippen LogP) is 4.27. The Morgan fingerprint density at radius 2 is 1.57 bits per heavy atom. The average molecular weight is 439 g/mol. The van der Waals surface area contributed by atoms with E-state index >= 15 is 0 Å². The number of aromatic nitrogens is 2. The third kappa shape index (κ3) is 6.74. The van der Waals surface area contributed by atoms with Crippen molar-refractivity contribution in [1.82, 2.24) is 9.97 Å². The summed E-state index contributed by atoms with van der Waals surface area (Å²) in [7, 11) is 0. The number of anilines is 2. The Bertz CT molecular complexity index is 1030. The van der Waals surface area contributed by atoms with E-state index in [2.05, 4.69) is 15.3 Å². The second-order valence-corrected chi connectivity index (χ2v) is 6.08. The zero-order valence-electron chi connectivity index (χ0n) is 15.0. The highest BCUT2D eigenvalue weighted by Gasteiger charge is 2.38. The van der Waals surface area contributed by atoms with Gasteiger partial charge in [-0.25, -0.2) is 14.8 Å². The molecule has 0 aliphatic rings. The van der Waals surface area contributed by atoms with Gasteiger partial charge in [0.2, 0.25) is 11.9 Å². The van der Waals surface area contributed by atoms with Crippen molar-refractivity contribution in [3.8, 4) is 11.3 Å². The SMILES string of the molecule is NC(=O)c1ccc(Nc2nccc(-c3ccc(Cl)cc3)n2)cc1.O=C(O)C(F)(F)F. The van der Waals surface area contributed by atoms with Crippen LogP contribution in [0.5, 0.6) is 0 Å². The van der Waals surface area contributed by atoms with Crippen molar-refractivity contribution < 1.29 is 27.9 Å². The number of nitrogens with one attached hydrogen (secondary N) is 1. The van der Waals surface area contributed by atoms with Crippen LogP contribution < -0.4 is 11.1 Å². The van der Waals surface area contributed by atoms with Crippen molar-refractivity contribution in [1.29, 1.82) is 0 Å². The molecule has 1 aromatic heterocycles. The van der Waals surface area contributed by atoms with Crippen LogP contribution in [-0.2, 0) is 4.79 Å². The van der Waals surface area contributed by atoms with Crippen LogP contribution in [0.15, 0.2) is 60.8 Å². The van der Waals surface area contributed by atoms with E-state index in [-0.39, 0.29) is 0 Å². The molecule has 1 heterocycles. The molecule has 0 aliphatic carbocycles. The molecule has 30 heavy (non-hydrogen) atoms.